The van der Waals surface area contributed by atoms with Gasteiger partial charge in [0.2, 0.25) is 9.47 Å². The molecule has 0 saturated carbocycles. The van der Waals surface area contributed by atoms with Crippen molar-refractivity contribution in [2.45, 2.75) is 16.2 Å². The normalized spacial score (nSPS) is 12.3. The third kappa shape index (κ3) is 3.20. The minimum absolute atomic E-state index is 0.0506. The van der Waals surface area contributed by atoms with E-state index >= 15 is 0 Å². The summed E-state index contributed by atoms with van der Waals surface area (Å²) in [5.74, 6) is 0. The fourth-order valence-corrected chi connectivity index (χ4v) is 4.68. The average molecular weight is 348 g/mol. The second kappa shape index (κ2) is 5.67. The highest BCUT2D eigenvalue weighted by molar-refractivity contribution is 7.93. The molecule has 2 rings (SSSR count). The number of hydrogen-bond donors (Lipinski definition) is 1. The molecule has 0 amide bonds. The maximum absolute atomic E-state index is 12.5. The van der Waals surface area contributed by atoms with Crippen molar-refractivity contribution in [1.82, 2.24) is 10.2 Å². The van der Waals surface area contributed by atoms with E-state index in [4.69, 9.17) is 5.14 Å². The molecule has 8 nitrogen and oxygen atoms in total. The first-order chi connectivity index (χ1) is 9.76. The first kappa shape index (κ1) is 15.8. The Labute approximate surface area is 126 Å². The van der Waals surface area contributed by atoms with Crippen LogP contribution >= 0.6 is 11.3 Å². The van der Waals surface area contributed by atoms with Gasteiger partial charge in [-0.15, -0.1) is 10.2 Å². The number of rotatable bonds is 5. The lowest BCUT2D eigenvalue weighted by Gasteiger charge is -2.18. The molecule has 1 heterocycles. The van der Waals surface area contributed by atoms with Crippen LogP contribution in [0.15, 0.2) is 39.6 Å². The van der Waals surface area contributed by atoms with E-state index < -0.39 is 24.4 Å². The molecular weight excluding hydrogens is 336 g/mol. The van der Waals surface area contributed by atoms with Gasteiger partial charge in [-0.25, -0.2) is 26.3 Å². The highest BCUT2D eigenvalue weighted by atomic mass is 32.2. The van der Waals surface area contributed by atoms with Crippen molar-refractivity contribution in [3.05, 3.63) is 30.3 Å². The van der Waals surface area contributed by atoms with Gasteiger partial charge in [0, 0.05) is 6.54 Å². The van der Waals surface area contributed by atoms with Crippen LogP contribution in [0.25, 0.3) is 0 Å². The predicted molar refractivity (Wildman–Crippen MR) is 77.9 cm³/mol. The number of anilines is 1. The molecule has 0 aliphatic heterocycles. The van der Waals surface area contributed by atoms with E-state index in [0.29, 0.717) is 11.3 Å². The summed E-state index contributed by atoms with van der Waals surface area (Å²) in [6.45, 7) is 1.69. The third-order valence-electron chi connectivity index (χ3n) is 2.47. The largest absolute Gasteiger partial charge is 0.267 e. The van der Waals surface area contributed by atoms with Gasteiger partial charge in [0.1, 0.15) is 0 Å². The number of primary sulfonamides is 1. The smallest absolute Gasteiger partial charge is 0.240 e. The molecule has 1 aromatic heterocycles. The van der Waals surface area contributed by atoms with Crippen LogP contribution < -0.4 is 9.44 Å². The highest BCUT2D eigenvalue weighted by Gasteiger charge is 2.28. The van der Waals surface area contributed by atoms with E-state index in [1.165, 1.54) is 12.1 Å². The summed E-state index contributed by atoms with van der Waals surface area (Å²) in [7, 11) is -7.84. The standard InChI is InChI=1S/C10H12N4O4S3/c1-2-14(9-12-13-10(19-9)20(11,15)16)21(17,18)8-6-4-3-5-7-8/h3-7H,2H2,1H3,(H2,11,15,16). The first-order valence-electron chi connectivity index (χ1n) is 5.71. The predicted octanol–water partition coefficient (Wildman–Crippen LogP) is 0.401. The molecule has 114 valence electrons. The van der Waals surface area contributed by atoms with Crippen LogP contribution in [-0.2, 0) is 20.0 Å². The third-order valence-corrected chi connectivity index (χ3v) is 6.72. The fourth-order valence-electron chi connectivity index (χ4n) is 1.55. The Bertz CT molecular complexity index is 830. The van der Waals surface area contributed by atoms with Crippen LogP contribution in [0.3, 0.4) is 0 Å². The van der Waals surface area contributed by atoms with Gasteiger partial charge >= 0.3 is 0 Å². The SMILES string of the molecule is CCN(c1nnc(S(N)(=O)=O)s1)S(=O)(=O)c1ccccc1. The van der Waals surface area contributed by atoms with Crippen molar-refractivity contribution >= 4 is 36.5 Å². The number of sulfonamides is 2. The first-order valence-corrected chi connectivity index (χ1v) is 9.51. The van der Waals surface area contributed by atoms with E-state index in [1.54, 1.807) is 25.1 Å². The van der Waals surface area contributed by atoms with Crippen LogP contribution in [0.1, 0.15) is 6.92 Å². The van der Waals surface area contributed by atoms with Crippen molar-refractivity contribution in [2.75, 3.05) is 10.8 Å². The zero-order valence-corrected chi connectivity index (χ0v) is 13.3. The van der Waals surface area contributed by atoms with Crippen molar-refractivity contribution in [3.63, 3.8) is 0 Å². The van der Waals surface area contributed by atoms with Crippen LogP contribution in [0.5, 0.6) is 0 Å². The van der Waals surface area contributed by atoms with E-state index in [0.717, 1.165) is 4.31 Å². The monoisotopic (exact) mass is 348 g/mol. The Kier molecular flexibility index (Phi) is 4.27. The molecular formula is C10H12N4O4S3. The number of benzene rings is 1. The molecule has 0 radical (unpaired) electrons. The van der Waals surface area contributed by atoms with Gasteiger partial charge in [0.05, 0.1) is 4.90 Å². The molecule has 21 heavy (non-hydrogen) atoms. The minimum Gasteiger partial charge on any atom is -0.240 e. The lowest BCUT2D eigenvalue weighted by molar-refractivity contribution is 0.591. The van der Waals surface area contributed by atoms with Gasteiger partial charge in [-0.3, -0.25) is 0 Å². The van der Waals surface area contributed by atoms with E-state index in [-0.39, 0.29) is 16.6 Å². The Balaban J connectivity index is 2.48. The minimum atomic E-state index is -4.01. The van der Waals surface area contributed by atoms with Crippen LogP contribution in [0.4, 0.5) is 5.13 Å². The van der Waals surface area contributed by atoms with Gasteiger partial charge in [-0.1, -0.05) is 29.5 Å². The molecule has 2 N–H and O–H groups in total. The molecule has 11 heteroatoms. The summed E-state index contributed by atoms with van der Waals surface area (Å²) in [5, 5.41) is 11.9. The molecule has 0 unspecified atom stereocenters. The maximum Gasteiger partial charge on any atom is 0.267 e. The summed E-state index contributed by atoms with van der Waals surface area (Å²) < 4.78 is 48.0. The number of nitrogens with two attached hydrogens (primary N) is 1. The Morgan fingerprint density at radius 3 is 2.24 bits per heavy atom. The molecule has 0 spiro atoms. The van der Waals surface area contributed by atoms with Gasteiger partial charge < -0.3 is 0 Å². The van der Waals surface area contributed by atoms with Gasteiger partial charge in [-0.2, -0.15) is 0 Å². The fraction of sp³-hybridized carbons (Fsp3) is 0.200. The van der Waals surface area contributed by atoms with Gasteiger partial charge in [0.15, 0.2) is 0 Å². The van der Waals surface area contributed by atoms with Crippen LogP contribution in [-0.4, -0.2) is 33.6 Å². The Morgan fingerprint density at radius 2 is 1.76 bits per heavy atom. The number of hydrogen-bond acceptors (Lipinski definition) is 7. The van der Waals surface area contributed by atoms with E-state index in [2.05, 4.69) is 10.2 Å². The van der Waals surface area contributed by atoms with Gasteiger partial charge in [-0.05, 0) is 19.1 Å². The van der Waals surface area contributed by atoms with Crippen molar-refractivity contribution < 1.29 is 16.8 Å². The molecule has 1 aromatic carbocycles. The summed E-state index contributed by atoms with van der Waals surface area (Å²) >= 11 is 0.606. The Hall–Kier alpha value is -1.56. The lowest BCUT2D eigenvalue weighted by atomic mass is 10.4. The number of nitrogens with zero attached hydrogens (tertiary/aromatic N) is 3. The molecule has 0 atom stereocenters. The summed E-state index contributed by atoms with van der Waals surface area (Å²) in [5.41, 5.74) is 0. The van der Waals surface area contributed by atoms with E-state index in [9.17, 15) is 16.8 Å². The quantitative estimate of drug-likeness (QED) is 0.834. The second-order valence-corrected chi connectivity index (χ2v) is 8.43. The average Bonchev–Trinajstić information content (AvgIpc) is 2.90. The maximum atomic E-state index is 12.5. The van der Waals surface area contributed by atoms with Gasteiger partial charge in [0.25, 0.3) is 20.0 Å². The second-order valence-electron chi connectivity index (χ2n) is 3.88. The van der Waals surface area contributed by atoms with Crippen LogP contribution in [0, 0.1) is 0 Å². The lowest BCUT2D eigenvalue weighted by Crippen LogP contribution is -2.30. The van der Waals surface area contributed by atoms with Crippen LogP contribution in [0.2, 0.25) is 0 Å². The zero-order valence-electron chi connectivity index (χ0n) is 10.9. The molecule has 0 fully saturated rings. The summed E-state index contributed by atoms with van der Waals surface area (Å²) in [6.07, 6.45) is 0. The molecule has 0 aliphatic rings. The molecule has 0 bridgehead atoms. The zero-order chi connectivity index (χ0) is 15.7. The summed E-state index contributed by atoms with van der Waals surface area (Å²) in [4.78, 5) is 0.0826. The highest BCUT2D eigenvalue weighted by Crippen LogP contribution is 2.27. The van der Waals surface area contributed by atoms with Crippen molar-refractivity contribution in [2.24, 2.45) is 5.14 Å². The van der Waals surface area contributed by atoms with E-state index in [1.807, 2.05) is 0 Å². The topological polar surface area (TPSA) is 123 Å². The molecule has 0 aliphatic carbocycles. The number of aromatic nitrogens is 2. The van der Waals surface area contributed by atoms with Crippen molar-refractivity contribution in [1.29, 1.82) is 0 Å². The molecule has 2 aromatic rings. The summed E-state index contributed by atoms with van der Waals surface area (Å²) in [6, 6.07) is 7.77. The van der Waals surface area contributed by atoms with Crippen molar-refractivity contribution in [3.8, 4) is 0 Å². The molecule has 0 saturated heterocycles. The Morgan fingerprint density at radius 1 is 1.14 bits per heavy atom.